The monoisotopic (exact) mass is 186 g/mol. The minimum absolute atomic E-state index is 0.921. The molecule has 1 aliphatic rings. The van der Waals surface area contributed by atoms with Gasteiger partial charge < -0.3 is 0 Å². The molecule has 72 valence electrons. The van der Waals surface area contributed by atoms with E-state index in [1.807, 2.05) is 12.4 Å². The van der Waals surface area contributed by atoms with Crippen LogP contribution in [0.15, 0.2) is 29.4 Å². The number of pyridine rings is 1. The van der Waals surface area contributed by atoms with Crippen LogP contribution in [0.3, 0.4) is 0 Å². The molecule has 14 heavy (non-hydrogen) atoms. The molecule has 2 nitrogen and oxygen atoms in total. The molecular formula is C12H14N2. The normalized spacial score (nSPS) is 15.4. The summed E-state index contributed by atoms with van der Waals surface area (Å²) in [5.74, 6) is 0. The highest BCUT2D eigenvalue weighted by Gasteiger charge is 2.01. The van der Waals surface area contributed by atoms with Gasteiger partial charge >= 0.3 is 0 Å². The van der Waals surface area contributed by atoms with Gasteiger partial charge in [0.05, 0.1) is 0 Å². The van der Waals surface area contributed by atoms with Gasteiger partial charge in [0.15, 0.2) is 0 Å². The molecule has 0 aromatic carbocycles. The molecule has 2 heterocycles. The van der Waals surface area contributed by atoms with E-state index in [1.165, 1.54) is 11.1 Å². The molecule has 1 aromatic heterocycles. The molecule has 2 heteroatoms. The zero-order valence-corrected chi connectivity index (χ0v) is 8.40. The zero-order chi connectivity index (χ0) is 9.80. The molecule has 0 unspecified atom stereocenters. The second kappa shape index (κ2) is 4.18. The van der Waals surface area contributed by atoms with Crippen LogP contribution in [0.5, 0.6) is 0 Å². The van der Waals surface area contributed by atoms with Gasteiger partial charge in [-0.1, -0.05) is 19.1 Å². The second-order valence-electron chi connectivity index (χ2n) is 3.38. The average molecular weight is 186 g/mol. The number of nitrogens with zero attached hydrogens (tertiary/aromatic N) is 2. The molecule has 0 N–H and O–H groups in total. The van der Waals surface area contributed by atoms with E-state index in [4.69, 9.17) is 0 Å². The summed E-state index contributed by atoms with van der Waals surface area (Å²) in [6.07, 6.45) is 8.12. The van der Waals surface area contributed by atoms with Gasteiger partial charge in [-0.15, -0.1) is 0 Å². The van der Waals surface area contributed by atoms with Crippen molar-refractivity contribution in [1.82, 2.24) is 4.98 Å². The van der Waals surface area contributed by atoms with Gasteiger partial charge in [0, 0.05) is 30.2 Å². The van der Waals surface area contributed by atoms with Crippen LogP contribution in [0.4, 0.5) is 0 Å². The minimum atomic E-state index is 0.921. The van der Waals surface area contributed by atoms with Crippen LogP contribution in [0.2, 0.25) is 0 Å². The number of dihydropyridines is 1. The Morgan fingerprint density at radius 1 is 1.36 bits per heavy atom. The molecule has 0 aliphatic carbocycles. The van der Waals surface area contributed by atoms with Crippen LogP contribution in [-0.2, 0) is 6.42 Å². The molecule has 1 aromatic rings. The predicted octanol–water partition coefficient (Wildman–Crippen LogP) is 2.50. The van der Waals surface area contributed by atoms with Gasteiger partial charge in [-0.25, -0.2) is 0 Å². The summed E-state index contributed by atoms with van der Waals surface area (Å²) in [6.45, 7) is 3.04. The van der Waals surface area contributed by atoms with E-state index in [1.54, 1.807) is 0 Å². The number of rotatable bonds is 2. The van der Waals surface area contributed by atoms with E-state index < -0.39 is 0 Å². The van der Waals surface area contributed by atoms with Crippen molar-refractivity contribution in [3.8, 4) is 0 Å². The zero-order valence-electron chi connectivity index (χ0n) is 8.40. The van der Waals surface area contributed by atoms with Crippen molar-refractivity contribution < 1.29 is 0 Å². The number of aryl methyl sites for hydroxylation is 1. The summed E-state index contributed by atoms with van der Waals surface area (Å²) in [6, 6.07) is 4.20. The maximum absolute atomic E-state index is 4.37. The summed E-state index contributed by atoms with van der Waals surface area (Å²) in [5, 5.41) is 0. The Labute approximate surface area is 84.4 Å². The lowest BCUT2D eigenvalue weighted by molar-refractivity contribution is 1.00. The van der Waals surface area contributed by atoms with E-state index in [-0.39, 0.29) is 0 Å². The lowest BCUT2D eigenvalue weighted by Gasteiger charge is -2.06. The van der Waals surface area contributed by atoms with Gasteiger partial charge in [-0.2, -0.15) is 0 Å². The molecule has 0 amide bonds. The molecule has 0 saturated carbocycles. The average Bonchev–Trinajstić information content (AvgIpc) is 2.30. The molecule has 1 aliphatic heterocycles. The van der Waals surface area contributed by atoms with Crippen LogP contribution in [0, 0.1) is 0 Å². The first-order chi connectivity index (χ1) is 6.90. The molecule has 2 rings (SSSR count). The summed E-state index contributed by atoms with van der Waals surface area (Å²) >= 11 is 0. The Kier molecular flexibility index (Phi) is 2.73. The smallest absolute Gasteiger partial charge is 0.0424 e. The van der Waals surface area contributed by atoms with Gasteiger partial charge in [-0.05, 0) is 24.5 Å². The molecule has 0 bridgehead atoms. The topological polar surface area (TPSA) is 25.2 Å². The molecule has 0 fully saturated rings. The number of allylic oxidation sites excluding steroid dienone is 1. The Morgan fingerprint density at radius 3 is 2.86 bits per heavy atom. The summed E-state index contributed by atoms with van der Waals surface area (Å²) in [4.78, 5) is 8.63. The SMILES string of the molecule is CCc1ccc(C2=CCCN=C2)cn1. The van der Waals surface area contributed by atoms with E-state index >= 15 is 0 Å². The molecule has 0 spiro atoms. The first kappa shape index (κ1) is 9.13. The van der Waals surface area contributed by atoms with Gasteiger partial charge in [0.1, 0.15) is 0 Å². The maximum Gasteiger partial charge on any atom is 0.0424 e. The van der Waals surface area contributed by atoms with E-state index in [2.05, 4.69) is 35.1 Å². The fourth-order valence-electron chi connectivity index (χ4n) is 1.51. The highest BCUT2D eigenvalue weighted by molar-refractivity contribution is 6.10. The molecular weight excluding hydrogens is 172 g/mol. The quantitative estimate of drug-likeness (QED) is 0.696. The fraction of sp³-hybridized carbons (Fsp3) is 0.333. The maximum atomic E-state index is 4.37. The minimum Gasteiger partial charge on any atom is -0.292 e. The van der Waals surface area contributed by atoms with E-state index in [0.717, 1.165) is 25.1 Å². The number of aliphatic imine (C=N–C) groups is 1. The van der Waals surface area contributed by atoms with Crippen LogP contribution >= 0.6 is 0 Å². The molecule has 0 radical (unpaired) electrons. The standard InChI is InChI=1S/C12H14N2/c1-2-12-6-5-11(9-14-12)10-4-3-7-13-8-10/h4-6,8-9H,2-3,7H2,1H3. The number of hydrogen-bond donors (Lipinski definition) is 0. The van der Waals surface area contributed by atoms with Crippen molar-refractivity contribution in [2.45, 2.75) is 19.8 Å². The van der Waals surface area contributed by atoms with Crippen LogP contribution in [-0.4, -0.2) is 17.7 Å². The fourth-order valence-corrected chi connectivity index (χ4v) is 1.51. The van der Waals surface area contributed by atoms with Crippen LogP contribution in [0.25, 0.3) is 5.57 Å². The second-order valence-corrected chi connectivity index (χ2v) is 3.38. The van der Waals surface area contributed by atoms with Crippen LogP contribution in [0.1, 0.15) is 24.6 Å². The van der Waals surface area contributed by atoms with Crippen molar-refractivity contribution in [2.75, 3.05) is 6.54 Å². The van der Waals surface area contributed by atoms with Crippen molar-refractivity contribution >= 4 is 11.8 Å². The summed E-state index contributed by atoms with van der Waals surface area (Å²) < 4.78 is 0. The first-order valence-corrected chi connectivity index (χ1v) is 5.05. The number of aromatic nitrogens is 1. The Bertz CT molecular complexity index is 360. The molecule has 0 saturated heterocycles. The third-order valence-electron chi connectivity index (χ3n) is 2.37. The highest BCUT2D eigenvalue weighted by Crippen LogP contribution is 2.15. The number of hydrogen-bond acceptors (Lipinski definition) is 2. The van der Waals surface area contributed by atoms with E-state index in [9.17, 15) is 0 Å². The first-order valence-electron chi connectivity index (χ1n) is 5.05. The van der Waals surface area contributed by atoms with Gasteiger partial charge in [0.2, 0.25) is 0 Å². The Balaban J connectivity index is 2.24. The van der Waals surface area contributed by atoms with Crippen molar-refractivity contribution in [3.63, 3.8) is 0 Å². The lowest BCUT2D eigenvalue weighted by Crippen LogP contribution is -1.95. The van der Waals surface area contributed by atoms with Crippen molar-refractivity contribution in [2.24, 2.45) is 4.99 Å². The van der Waals surface area contributed by atoms with E-state index in [0.29, 0.717) is 0 Å². The molecule has 0 atom stereocenters. The van der Waals surface area contributed by atoms with Gasteiger partial charge in [-0.3, -0.25) is 9.98 Å². The van der Waals surface area contributed by atoms with Crippen molar-refractivity contribution in [1.29, 1.82) is 0 Å². The highest BCUT2D eigenvalue weighted by atomic mass is 14.7. The van der Waals surface area contributed by atoms with Gasteiger partial charge in [0.25, 0.3) is 0 Å². The third kappa shape index (κ3) is 1.90. The lowest BCUT2D eigenvalue weighted by atomic mass is 10.1. The van der Waals surface area contributed by atoms with Crippen LogP contribution < -0.4 is 0 Å². The third-order valence-corrected chi connectivity index (χ3v) is 2.37. The Hall–Kier alpha value is -1.44. The summed E-state index contributed by atoms with van der Waals surface area (Å²) in [7, 11) is 0. The largest absolute Gasteiger partial charge is 0.292 e. The predicted molar refractivity (Wildman–Crippen MR) is 59.6 cm³/mol. The Morgan fingerprint density at radius 2 is 2.29 bits per heavy atom. The summed E-state index contributed by atoms with van der Waals surface area (Å²) in [5.41, 5.74) is 3.51. The van der Waals surface area contributed by atoms with Crippen molar-refractivity contribution in [3.05, 3.63) is 35.7 Å².